The molecule has 0 spiro atoms. The van der Waals surface area contributed by atoms with Gasteiger partial charge in [-0.3, -0.25) is 14.4 Å². The maximum absolute atomic E-state index is 12.6. The fourth-order valence-electron chi connectivity index (χ4n) is 3.51. The summed E-state index contributed by atoms with van der Waals surface area (Å²) < 4.78 is 5.25. The van der Waals surface area contributed by atoms with Crippen molar-refractivity contribution in [1.82, 2.24) is 9.80 Å². The zero-order valence-electron chi connectivity index (χ0n) is 18.3. The van der Waals surface area contributed by atoms with Crippen molar-refractivity contribution in [3.8, 4) is 5.75 Å². The van der Waals surface area contributed by atoms with Gasteiger partial charge in [0.1, 0.15) is 5.75 Å². The number of aryl methyl sites for hydroxylation is 1. The number of methoxy groups -OCH3 is 1. The standard InChI is InChI=1S/C24H29N3O4/c1-17-4-10-22(31-3)20(16-17)21(28)9-11-23(29)25-19-7-5-18(6-8-19)24(30)27-14-12-26(2)13-15-27/h4-8,10,16H,9,11-15H2,1-3H3,(H,25,29). The zero-order chi connectivity index (χ0) is 22.4. The van der Waals surface area contributed by atoms with E-state index in [1.54, 1.807) is 36.4 Å². The summed E-state index contributed by atoms with van der Waals surface area (Å²) >= 11 is 0. The van der Waals surface area contributed by atoms with Crippen LogP contribution < -0.4 is 10.1 Å². The van der Waals surface area contributed by atoms with Crippen LogP contribution in [-0.4, -0.2) is 67.7 Å². The number of piperazine rings is 1. The lowest BCUT2D eigenvalue weighted by atomic mass is 10.0. The molecule has 0 aromatic heterocycles. The van der Waals surface area contributed by atoms with Crippen LogP contribution in [-0.2, 0) is 4.79 Å². The topological polar surface area (TPSA) is 78.9 Å². The van der Waals surface area contributed by atoms with Crippen LogP contribution in [0.25, 0.3) is 0 Å². The van der Waals surface area contributed by atoms with Crippen molar-refractivity contribution in [2.24, 2.45) is 0 Å². The van der Waals surface area contributed by atoms with Crippen molar-refractivity contribution in [3.63, 3.8) is 0 Å². The molecule has 7 nitrogen and oxygen atoms in total. The molecule has 2 aromatic carbocycles. The molecule has 0 bridgehead atoms. The normalized spacial score (nSPS) is 14.2. The molecule has 31 heavy (non-hydrogen) atoms. The Morgan fingerprint density at radius 3 is 2.29 bits per heavy atom. The summed E-state index contributed by atoms with van der Waals surface area (Å²) in [7, 11) is 3.57. The van der Waals surface area contributed by atoms with Gasteiger partial charge in [0.2, 0.25) is 5.91 Å². The van der Waals surface area contributed by atoms with E-state index in [0.717, 1.165) is 18.7 Å². The van der Waals surface area contributed by atoms with Crippen LogP contribution in [0.2, 0.25) is 0 Å². The Labute approximate surface area is 183 Å². The highest BCUT2D eigenvalue weighted by Gasteiger charge is 2.20. The number of ketones is 1. The number of Topliss-reactive ketones (excluding diaryl/α,β-unsaturated/α-hetero) is 1. The van der Waals surface area contributed by atoms with Crippen LogP contribution >= 0.6 is 0 Å². The van der Waals surface area contributed by atoms with E-state index < -0.39 is 0 Å². The fourth-order valence-corrected chi connectivity index (χ4v) is 3.51. The number of amides is 2. The van der Waals surface area contributed by atoms with Gasteiger partial charge in [-0.2, -0.15) is 0 Å². The third-order valence-corrected chi connectivity index (χ3v) is 5.44. The highest BCUT2D eigenvalue weighted by atomic mass is 16.5. The number of rotatable bonds is 7. The minimum Gasteiger partial charge on any atom is -0.496 e. The predicted octanol–water partition coefficient (Wildman–Crippen LogP) is 2.99. The summed E-state index contributed by atoms with van der Waals surface area (Å²) in [6.07, 6.45) is 0.156. The van der Waals surface area contributed by atoms with Crippen LogP contribution in [0, 0.1) is 6.92 Å². The molecule has 2 aromatic rings. The number of nitrogens with zero attached hydrogens (tertiary/aromatic N) is 2. The molecule has 164 valence electrons. The number of benzene rings is 2. The lowest BCUT2D eigenvalue weighted by molar-refractivity contribution is -0.116. The van der Waals surface area contributed by atoms with E-state index in [1.165, 1.54) is 7.11 Å². The first-order chi connectivity index (χ1) is 14.9. The first-order valence-corrected chi connectivity index (χ1v) is 10.4. The van der Waals surface area contributed by atoms with Crippen molar-refractivity contribution in [2.45, 2.75) is 19.8 Å². The van der Waals surface area contributed by atoms with Crippen LogP contribution in [0.1, 0.15) is 39.1 Å². The van der Waals surface area contributed by atoms with Gasteiger partial charge in [0, 0.05) is 50.3 Å². The molecule has 1 N–H and O–H groups in total. The van der Waals surface area contributed by atoms with Crippen molar-refractivity contribution in [2.75, 3.05) is 45.7 Å². The van der Waals surface area contributed by atoms with E-state index >= 15 is 0 Å². The summed E-state index contributed by atoms with van der Waals surface area (Å²) in [5.74, 6) is 0.127. The lowest BCUT2D eigenvalue weighted by Crippen LogP contribution is -2.47. The number of carbonyl (C=O) groups excluding carboxylic acids is 3. The highest BCUT2D eigenvalue weighted by Crippen LogP contribution is 2.22. The summed E-state index contributed by atoms with van der Waals surface area (Å²) in [6.45, 7) is 5.07. The summed E-state index contributed by atoms with van der Waals surface area (Å²) in [5.41, 5.74) is 2.65. The Balaban J connectivity index is 1.52. The van der Waals surface area contributed by atoms with E-state index in [9.17, 15) is 14.4 Å². The van der Waals surface area contributed by atoms with Crippen molar-refractivity contribution in [1.29, 1.82) is 0 Å². The molecule has 0 radical (unpaired) electrons. The minimum atomic E-state index is -0.252. The Bertz CT molecular complexity index is 948. The zero-order valence-corrected chi connectivity index (χ0v) is 18.3. The van der Waals surface area contributed by atoms with E-state index in [-0.39, 0.29) is 30.4 Å². The summed E-state index contributed by atoms with van der Waals surface area (Å²) in [4.78, 5) is 41.5. The van der Waals surface area contributed by atoms with Gasteiger partial charge >= 0.3 is 0 Å². The largest absolute Gasteiger partial charge is 0.496 e. The van der Waals surface area contributed by atoms with Gasteiger partial charge in [0.15, 0.2) is 5.78 Å². The van der Waals surface area contributed by atoms with Gasteiger partial charge in [-0.05, 0) is 50.4 Å². The third kappa shape index (κ3) is 5.92. The van der Waals surface area contributed by atoms with Crippen LogP contribution in [0.3, 0.4) is 0 Å². The molecule has 3 rings (SSSR count). The molecule has 1 heterocycles. The van der Waals surface area contributed by atoms with E-state index in [4.69, 9.17) is 4.74 Å². The molecule has 0 aliphatic carbocycles. The van der Waals surface area contributed by atoms with Gasteiger partial charge in [-0.1, -0.05) is 11.6 Å². The molecule has 2 amide bonds. The van der Waals surface area contributed by atoms with E-state index in [2.05, 4.69) is 10.2 Å². The quantitative estimate of drug-likeness (QED) is 0.693. The van der Waals surface area contributed by atoms with Crippen LogP contribution in [0.15, 0.2) is 42.5 Å². The molecule has 1 fully saturated rings. The second-order valence-corrected chi connectivity index (χ2v) is 7.85. The summed E-state index contributed by atoms with van der Waals surface area (Å²) in [6, 6.07) is 12.3. The van der Waals surface area contributed by atoms with Crippen LogP contribution in [0.4, 0.5) is 5.69 Å². The molecule has 0 atom stereocenters. The van der Waals surface area contributed by atoms with Crippen molar-refractivity contribution < 1.29 is 19.1 Å². The van der Waals surface area contributed by atoms with E-state index in [0.29, 0.717) is 35.7 Å². The minimum absolute atomic E-state index is 0.00340. The number of hydrogen-bond donors (Lipinski definition) is 1. The number of carbonyl (C=O) groups is 3. The van der Waals surface area contributed by atoms with E-state index in [1.807, 2.05) is 24.9 Å². The first kappa shape index (κ1) is 22.5. The Morgan fingerprint density at radius 2 is 1.65 bits per heavy atom. The lowest BCUT2D eigenvalue weighted by Gasteiger charge is -2.32. The molecular formula is C24H29N3O4. The monoisotopic (exact) mass is 423 g/mol. The molecule has 0 unspecified atom stereocenters. The Hall–Kier alpha value is -3.19. The van der Waals surface area contributed by atoms with Gasteiger partial charge in [-0.15, -0.1) is 0 Å². The number of ether oxygens (including phenoxy) is 1. The number of nitrogens with one attached hydrogen (secondary N) is 1. The molecular weight excluding hydrogens is 394 g/mol. The average molecular weight is 424 g/mol. The number of anilines is 1. The molecule has 0 saturated carbocycles. The summed E-state index contributed by atoms with van der Waals surface area (Å²) in [5, 5.41) is 2.79. The van der Waals surface area contributed by atoms with Crippen molar-refractivity contribution in [3.05, 3.63) is 59.2 Å². The number of hydrogen-bond acceptors (Lipinski definition) is 5. The highest BCUT2D eigenvalue weighted by molar-refractivity contribution is 6.02. The van der Waals surface area contributed by atoms with Crippen molar-refractivity contribution >= 4 is 23.3 Å². The van der Waals surface area contributed by atoms with Crippen LogP contribution in [0.5, 0.6) is 5.75 Å². The molecule has 1 saturated heterocycles. The van der Waals surface area contributed by atoms with Gasteiger partial charge in [-0.25, -0.2) is 0 Å². The number of likely N-dealkylation sites (N-methyl/N-ethyl adjacent to an activating group) is 1. The third-order valence-electron chi connectivity index (χ3n) is 5.44. The second-order valence-electron chi connectivity index (χ2n) is 7.85. The first-order valence-electron chi connectivity index (χ1n) is 10.4. The Morgan fingerprint density at radius 1 is 0.968 bits per heavy atom. The van der Waals surface area contributed by atoms with Gasteiger partial charge in [0.25, 0.3) is 5.91 Å². The fraction of sp³-hybridized carbons (Fsp3) is 0.375. The van der Waals surface area contributed by atoms with Gasteiger partial charge < -0.3 is 19.9 Å². The molecule has 7 heteroatoms. The second kappa shape index (κ2) is 10.2. The molecule has 1 aliphatic heterocycles. The maximum atomic E-state index is 12.6. The molecule has 1 aliphatic rings. The SMILES string of the molecule is COc1ccc(C)cc1C(=O)CCC(=O)Nc1ccc(C(=O)N2CCN(C)CC2)cc1. The smallest absolute Gasteiger partial charge is 0.253 e. The maximum Gasteiger partial charge on any atom is 0.253 e. The van der Waals surface area contributed by atoms with Gasteiger partial charge in [0.05, 0.1) is 12.7 Å². The predicted molar refractivity (Wildman–Crippen MR) is 120 cm³/mol. The average Bonchev–Trinajstić information content (AvgIpc) is 2.78. The Kier molecular flexibility index (Phi) is 7.41.